The maximum atomic E-state index is 12.8. The van der Waals surface area contributed by atoms with Crippen LogP contribution in [0.5, 0.6) is 0 Å². The van der Waals surface area contributed by atoms with Crippen molar-refractivity contribution in [1.82, 2.24) is 20.0 Å². The zero-order valence-electron chi connectivity index (χ0n) is 17.6. The molecule has 7 nitrogen and oxygen atoms in total. The van der Waals surface area contributed by atoms with E-state index in [2.05, 4.69) is 10.2 Å². The number of carbonyl (C=O) groups excluding carboxylic acids is 3. The Bertz CT molecular complexity index is 678. The Kier molecular flexibility index (Phi) is 9.47. The van der Waals surface area contributed by atoms with E-state index in [0.29, 0.717) is 31.9 Å². The number of urea groups is 1. The Labute approximate surface area is 177 Å². The molecule has 1 aliphatic heterocycles. The zero-order valence-corrected chi connectivity index (χ0v) is 18.4. The molecule has 1 heterocycles. The molecule has 29 heavy (non-hydrogen) atoms. The third-order valence-electron chi connectivity index (χ3n) is 4.99. The largest absolute Gasteiger partial charge is 0.338 e. The maximum Gasteiger partial charge on any atom is 0.318 e. The minimum absolute atomic E-state index is 0.0343. The Balaban J connectivity index is 1.91. The van der Waals surface area contributed by atoms with Crippen LogP contribution in [-0.2, 0) is 16.0 Å². The highest BCUT2D eigenvalue weighted by Crippen LogP contribution is 2.07. The second-order valence-electron chi connectivity index (χ2n) is 7.36. The van der Waals surface area contributed by atoms with E-state index in [4.69, 9.17) is 0 Å². The number of hydrogen-bond acceptors (Lipinski definition) is 5. The molecule has 0 bridgehead atoms. The first kappa shape index (κ1) is 23.2. The van der Waals surface area contributed by atoms with Crippen molar-refractivity contribution < 1.29 is 14.4 Å². The molecule has 1 aromatic carbocycles. The Morgan fingerprint density at radius 1 is 1.10 bits per heavy atom. The van der Waals surface area contributed by atoms with Crippen LogP contribution >= 0.6 is 11.8 Å². The number of nitrogens with one attached hydrogen (secondary N) is 1. The summed E-state index contributed by atoms with van der Waals surface area (Å²) in [5, 5.41) is 2.88. The topological polar surface area (TPSA) is 73.0 Å². The number of rotatable bonds is 8. The number of benzene rings is 1. The van der Waals surface area contributed by atoms with Crippen LogP contribution in [0.3, 0.4) is 0 Å². The summed E-state index contributed by atoms with van der Waals surface area (Å²) in [5.74, 6) is 0.491. The zero-order chi connectivity index (χ0) is 21.2. The van der Waals surface area contributed by atoms with Crippen LogP contribution in [0.4, 0.5) is 4.79 Å². The van der Waals surface area contributed by atoms with E-state index < -0.39 is 6.04 Å². The van der Waals surface area contributed by atoms with E-state index in [1.807, 2.05) is 42.3 Å². The van der Waals surface area contributed by atoms with Gasteiger partial charge in [0.2, 0.25) is 5.91 Å². The number of nitrogens with zero attached hydrogens (tertiary/aromatic N) is 3. The van der Waals surface area contributed by atoms with E-state index in [1.165, 1.54) is 18.7 Å². The molecule has 3 amide bonds. The molecule has 1 unspecified atom stereocenters. The van der Waals surface area contributed by atoms with Gasteiger partial charge in [-0.3, -0.25) is 9.59 Å². The molecule has 1 aliphatic rings. The summed E-state index contributed by atoms with van der Waals surface area (Å²) >= 11 is 1.21. The van der Waals surface area contributed by atoms with Gasteiger partial charge in [0, 0.05) is 51.9 Å². The van der Waals surface area contributed by atoms with E-state index in [1.54, 1.807) is 11.8 Å². The van der Waals surface area contributed by atoms with Gasteiger partial charge in [-0.25, -0.2) is 4.79 Å². The summed E-state index contributed by atoms with van der Waals surface area (Å²) in [6.45, 7) is 7.30. The average Bonchev–Trinajstić information content (AvgIpc) is 2.71. The summed E-state index contributed by atoms with van der Waals surface area (Å²) in [6.07, 6.45) is 0.722. The minimum Gasteiger partial charge on any atom is -0.338 e. The second-order valence-corrected chi connectivity index (χ2v) is 8.63. The molecule has 1 saturated heterocycles. The van der Waals surface area contributed by atoms with Crippen LogP contribution in [0.25, 0.3) is 0 Å². The molecule has 0 saturated carbocycles. The Morgan fingerprint density at radius 2 is 1.76 bits per heavy atom. The van der Waals surface area contributed by atoms with Crippen molar-refractivity contribution in [3.63, 3.8) is 0 Å². The van der Waals surface area contributed by atoms with Crippen LogP contribution in [0.15, 0.2) is 30.3 Å². The van der Waals surface area contributed by atoms with Gasteiger partial charge in [0.15, 0.2) is 5.12 Å². The molecule has 2 rings (SSSR count). The monoisotopic (exact) mass is 420 g/mol. The SMILES string of the molecule is CC(=O)SCCN(CCc1ccccc1)C(=O)NC(C)C(=O)N1CCN(C)CC1. The molecule has 8 heteroatoms. The van der Waals surface area contributed by atoms with Crippen molar-refractivity contribution in [2.45, 2.75) is 26.3 Å². The molecule has 0 radical (unpaired) electrons. The van der Waals surface area contributed by atoms with Crippen LogP contribution in [0, 0.1) is 0 Å². The number of likely N-dealkylation sites (N-methyl/N-ethyl adjacent to an activating group) is 1. The fraction of sp³-hybridized carbons (Fsp3) is 0.571. The van der Waals surface area contributed by atoms with Gasteiger partial charge < -0.3 is 20.0 Å². The molecular formula is C21H32N4O3S. The number of carbonyl (C=O) groups is 3. The van der Waals surface area contributed by atoms with Crippen molar-refractivity contribution in [1.29, 1.82) is 0 Å². The fourth-order valence-electron chi connectivity index (χ4n) is 3.16. The van der Waals surface area contributed by atoms with Gasteiger partial charge >= 0.3 is 6.03 Å². The summed E-state index contributed by atoms with van der Waals surface area (Å²) < 4.78 is 0. The molecule has 0 spiro atoms. The van der Waals surface area contributed by atoms with Gasteiger partial charge in [-0.15, -0.1) is 0 Å². The van der Waals surface area contributed by atoms with Crippen molar-refractivity contribution in [3.8, 4) is 0 Å². The predicted octanol–water partition coefficient (Wildman–Crippen LogP) is 1.68. The molecule has 1 aromatic rings. The number of thioether (sulfide) groups is 1. The van der Waals surface area contributed by atoms with E-state index >= 15 is 0 Å². The molecule has 0 aromatic heterocycles. The van der Waals surface area contributed by atoms with Crippen molar-refractivity contribution in [3.05, 3.63) is 35.9 Å². The first-order valence-corrected chi connectivity index (χ1v) is 11.1. The quantitative estimate of drug-likeness (QED) is 0.693. The molecular weight excluding hydrogens is 388 g/mol. The van der Waals surface area contributed by atoms with Gasteiger partial charge in [-0.2, -0.15) is 0 Å². The third-order valence-corrected chi connectivity index (χ3v) is 5.79. The van der Waals surface area contributed by atoms with Gasteiger partial charge in [0.1, 0.15) is 6.04 Å². The summed E-state index contributed by atoms with van der Waals surface area (Å²) in [7, 11) is 2.04. The van der Waals surface area contributed by atoms with Crippen LogP contribution < -0.4 is 5.32 Å². The summed E-state index contributed by atoms with van der Waals surface area (Å²) in [6, 6.07) is 9.12. The first-order chi connectivity index (χ1) is 13.9. The number of piperazine rings is 1. The van der Waals surface area contributed by atoms with E-state index in [0.717, 1.165) is 25.1 Å². The summed E-state index contributed by atoms with van der Waals surface area (Å²) in [5.41, 5.74) is 1.14. The number of amides is 3. The highest BCUT2D eigenvalue weighted by atomic mass is 32.2. The highest BCUT2D eigenvalue weighted by molar-refractivity contribution is 8.13. The average molecular weight is 421 g/mol. The minimum atomic E-state index is -0.578. The maximum absolute atomic E-state index is 12.8. The second kappa shape index (κ2) is 11.8. The van der Waals surface area contributed by atoms with Gasteiger partial charge in [0.05, 0.1) is 0 Å². The Hall–Kier alpha value is -2.06. The smallest absolute Gasteiger partial charge is 0.318 e. The molecule has 160 valence electrons. The lowest BCUT2D eigenvalue weighted by atomic mass is 10.1. The first-order valence-electron chi connectivity index (χ1n) is 10.1. The van der Waals surface area contributed by atoms with Crippen LogP contribution in [0.1, 0.15) is 19.4 Å². The van der Waals surface area contributed by atoms with Crippen molar-refractivity contribution in [2.75, 3.05) is 52.1 Å². The van der Waals surface area contributed by atoms with Gasteiger partial charge in [0.25, 0.3) is 0 Å². The van der Waals surface area contributed by atoms with Crippen LogP contribution in [-0.4, -0.2) is 89.9 Å². The van der Waals surface area contributed by atoms with Crippen molar-refractivity contribution in [2.24, 2.45) is 0 Å². The van der Waals surface area contributed by atoms with E-state index in [-0.39, 0.29) is 17.1 Å². The molecule has 1 fully saturated rings. The molecule has 1 atom stereocenters. The highest BCUT2D eigenvalue weighted by Gasteiger charge is 2.26. The standard InChI is InChI=1S/C21H32N4O3S/c1-17(20(27)24-13-11-23(3)12-14-24)22-21(28)25(15-16-29-18(2)26)10-9-19-7-5-4-6-8-19/h4-8,17H,9-16H2,1-3H3,(H,22,28). The lowest BCUT2D eigenvalue weighted by Crippen LogP contribution is -2.55. The number of hydrogen-bond donors (Lipinski definition) is 1. The molecule has 1 N–H and O–H groups in total. The van der Waals surface area contributed by atoms with Crippen LogP contribution in [0.2, 0.25) is 0 Å². The van der Waals surface area contributed by atoms with E-state index in [9.17, 15) is 14.4 Å². The third kappa shape index (κ3) is 8.06. The normalized spacial score (nSPS) is 15.6. The molecule has 0 aliphatic carbocycles. The summed E-state index contributed by atoms with van der Waals surface area (Å²) in [4.78, 5) is 42.4. The Morgan fingerprint density at radius 3 is 2.38 bits per heavy atom. The van der Waals surface area contributed by atoms with Gasteiger partial charge in [-0.05, 0) is 26.0 Å². The lowest BCUT2D eigenvalue weighted by molar-refractivity contribution is -0.134. The predicted molar refractivity (Wildman–Crippen MR) is 117 cm³/mol. The van der Waals surface area contributed by atoms with Gasteiger partial charge in [-0.1, -0.05) is 42.1 Å². The van der Waals surface area contributed by atoms with Crippen molar-refractivity contribution >= 4 is 28.8 Å². The fourth-order valence-corrected chi connectivity index (χ4v) is 3.76. The lowest BCUT2D eigenvalue weighted by Gasteiger charge is -2.34.